The first-order chi connectivity index (χ1) is 15.9. The number of pyridine rings is 1. The Balaban J connectivity index is 1.69. The second kappa shape index (κ2) is 7.03. The minimum atomic E-state index is 0.0189. The summed E-state index contributed by atoms with van der Waals surface area (Å²) in [6.45, 7) is 12.9. The number of hydrogen-bond donors (Lipinski definition) is 0. The van der Waals surface area contributed by atoms with Crippen LogP contribution in [0, 0.1) is 0 Å². The van der Waals surface area contributed by atoms with E-state index in [2.05, 4.69) is 106 Å². The third kappa shape index (κ3) is 2.69. The zero-order valence-corrected chi connectivity index (χ0v) is 20.6. The molecule has 0 bridgehead atoms. The quantitative estimate of drug-likeness (QED) is 0.292. The van der Waals surface area contributed by atoms with Crippen molar-refractivity contribution in [2.24, 2.45) is 0 Å². The van der Waals surface area contributed by atoms with E-state index >= 15 is 0 Å². The molecule has 2 heterocycles. The Morgan fingerprint density at radius 1 is 0.727 bits per heavy atom. The highest BCUT2D eigenvalue weighted by Gasteiger charge is 2.45. The van der Waals surface area contributed by atoms with Crippen LogP contribution in [0.3, 0.4) is 0 Å². The van der Waals surface area contributed by atoms with Crippen molar-refractivity contribution >= 4 is 10.9 Å². The summed E-state index contributed by atoms with van der Waals surface area (Å²) in [4.78, 5) is 0. The fraction of sp³-hybridized carbons (Fsp3) is 0.344. The Labute approximate surface area is 198 Å². The smallest absolute Gasteiger partial charge is 0.190 e. The van der Waals surface area contributed by atoms with Gasteiger partial charge in [0.25, 0.3) is 0 Å². The van der Waals surface area contributed by atoms with Gasteiger partial charge in [-0.05, 0) is 76.9 Å². The lowest BCUT2D eigenvalue weighted by Crippen LogP contribution is -2.51. The molecule has 0 amide bonds. The molecule has 2 aliphatic rings. The van der Waals surface area contributed by atoms with Crippen molar-refractivity contribution in [1.82, 2.24) is 0 Å². The first-order valence-electron chi connectivity index (χ1n) is 12.7. The Bertz CT molecular complexity index is 1420. The molecular formula is C32H34N+. The fourth-order valence-electron chi connectivity index (χ4n) is 6.61. The van der Waals surface area contributed by atoms with Crippen LogP contribution < -0.4 is 4.57 Å². The van der Waals surface area contributed by atoms with Crippen molar-refractivity contribution in [3.63, 3.8) is 0 Å². The van der Waals surface area contributed by atoms with E-state index in [0.717, 1.165) is 25.8 Å². The Morgan fingerprint density at radius 2 is 1.45 bits per heavy atom. The number of nitrogens with zero attached hydrogens (tertiary/aromatic N) is 1. The maximum absolute atomic E-state index is 2.60. The number of para-hydroxylation sites is 1. The third-order valence-electron chi connectivity index (χ3n) is 8.89. The highest BCUT2D eigenvalue weighted by atomic mass is 15.0. The van der Waals surface area contributed by atoms with Crippen molar-refractivity contribution in [3.05, 3.63) is 89.0 Å². The Morgan fingerprint density at radius 3 is 2.21 bits per heavy atom. The summed E-state index contributed by atoms with van der Waals surface area (Å²) in [6.07, 6.45) is 3.38. The van der Waals surface area contributed by atoms with Gasteiger partial charge >= 0.3 is 0 Å². The lowest BCUT2D eigenvalue weighted by Gasteiger charge is -2.36. The van der Waals surface area contributed by atoms with Gasteiger partial charge in [0, 0.05) is 22.9 Å². The van der Waals surface area contributed by atoms with Gasteiger partial charge in [-0.15, -0.1) is 0 Å². The molecule has 0 unspecified atom stereocenters. The molecule has 0 fully saturated rings. The molecular weight excluding hydrogens is 398 g/mol. The normalized spacial score (nSPS) is 16.8. The lowest BCUT2D eigenvalue weighted by molar-refractivity contribution is -0.672. The second-order valence-corrected chi connectivity index (χ2v) is 10.7. The summed E-state index contributed by atoms with van der Waals surface area (Å²) >= 11 is 0. The molecule has 0 radical (unpaired) electrons. The number of aryl methyl sites for hydroxylation is 1. The molecule has 1 aliphatic carbocycles. The van der Waals surface area contributed by atoms with Gasteiger partial charge in [-0.3, -0.25) is 0 Å². The zero-order chi connectivity index (χ0) is 23.0. The van der Waals surface area contributed by atoms with E-state index in [1.54, 1.807) is 5.56 Å². The number of aromatic nitrogens is 1. The topological polar surface area (TPSA) is 3.88 Å². The van der Waals surface area contributed by atoms with Gasteiger partial charge < -0.3 is 0 Å². The van der Waals surface area contributed by atoms with E-state index in [0.29, 0.717) is 0 Å². The largest absolute Gasteiger partial charge is 0.213 e. The summed E-state index contributed by atoms with van der Waals surface area (Å²) in [6, 6.07) is 25.8. The summed E-state index contributed by atoms with van der Waals surface area (Å²) in [5.41, 5.74) is 13.2. The predicted molar refractivity (Wildman–Crippen MR) is 139 cm³/mol. The van der Waals surface area contributed by atoms with Crippen LogP contribution in [0.25, 0.3) is 33.3 Å². The van der Waals surface area contributed by atoms with Gasteiger partial charge in [-0.25, -0.2) is 0 Å². The van der Waals surface area contributed by atoms with Crippen molar-refractivity contribution in [2.45, 2.75) is 71.3 Å². The first kappa shape index (κ1) is 20.7. The van der Waals surface area contributed by atoms with Crippen LogP contribution in [0.1, 0.15) is 69.7 Å². The average Bonchev–Trinajstić information content (AvgIpc) is 3.08. The summed E-state index contributed by atoms with van der Waals surface area (Å²) in [5.74, 6) is 0. The molecule has 1 aliphatic heterocycles. The molecule has 166 valence electrons. The van der Waals surface area contributed by atoms with Crippen LogP contribution in [0.5, 0.6) is 0 Å². The van der Waals surface area contributed by atoms with Crippen molar-refractivity contribution in [2.75, 3.05) is 0 Å². The molecule has 0 spiro atoms. The summed E-state index contributed by atoms with van der Waals surface area (Å²) in [5, 5.41) is 1.33. The monoisotopic (exact) mass is 432 g/mol. The molecule has 0 N–H and O–H groups in total. The van der Waals surface area contributed by atoms with Crippen LogP contribution in [0.15, 0.2) is 66.7 Å². The Hall–Kier alpha value is -2.93. The van der Waals surface area contributed by atoms with E-state index in [9.17, 15) is 0 Å². The highest BCUT2D eigenvalue weighted by Crippen LogP contribution is 2.53. The average molecular weight is 433 g/mol. The van der Waals surface area contributed by atoms with E-state index in [4.69, 9.17) is 0 Å². The Kier molecular flexibility index (Phi) is 4.40. The third-order valence-corrected chi connectivity index (χ3v) is 8.89. The predicted octanol–water partition coefficient (Wildman–Crippen LogP) is 7.73. The fourth-order valence-corrected chi connectivity index (χ4v) is 6.61. The molecule has 33 heavy (non-hydrogen) atoms. The van der Waals surface area contributed by atoms with Crippen LogP contribution in [-0.2, 0) is 23.8 Å². The van der Waals surface area contributed by atoms with Gasteiger partial charge in [-0.2, -0.15) is 4.57 Å². The van der Waals surface area contributed by atoms with Gasteiger partial charge in [0.1, 0.15) is 0 Å². The van der Waals surface area contributed by atoms with Crippen molar-refractivity contribution in [3.8, 4) is 22.4 Å². The zero-order valence-electron chi connectivity index (χ0n) is 20.6. The summed E-state index contributed by atoms with van der Waals surface area (Å²) in [7, 11) is 0. The molecule has 6 rings (SSSR count). The molecule has 3 aromatic carbocycles. The van der Waals surface area contributed by atoms with Crippen LogP contribution in [0.4, 0.5) is 0 Å². The number of fused-ring (bicyclic) bond motifs is 8. The molecule has 1 heteroatoms. The van der Waals surface area contributed by atoms with E-state index < -0.39 is 0 Å². The minimum absolute atomic E-state index is 0.0189. The molecule has 1 aromatic heterocycles. The maximum atomic E-state index is 2.60. The van der Waals surface area contributed by atoms with E-state index in [-0.39, 0.29) is 10.8 Å². The van der Waals surface area contributed by atoms with Gasteiger partial charge in [0.2, 0.25) is 11.2 Å². The second-order valence-electron chi connectivity index (χ2n) is 10.7. The van der Waals surface area contributed by atoms with Crippen LogP contribution >= 0.6 is 0 Å². The molecule has 0 saturated carbocycles. The van der Waals surface area contributed by atoms with Gasteiger partial charge in [-0.1, -0.05) is 65.0 Å². The first-order valence-corrected chi connectivity index (χ1v) is 12.7. The minimum Gasteiger partial charge on any atom is -0.190 e. The molecule has 0 saturated heterocycles. The highest BCUT2D eigenvalue weighted by molar-refractivity contribution is 5.86. The number of rotatable bonds is 3. The van der Waals surface area contributed by atoms with Gasteiger partial charge in [0.15, 0.2) is 6.54 Å². The molecule has 0 atom stereocenters. The van der Waals surface area contributed by atoms with Gasteiger partial charge in [0.05, 0.1) is 11.0 Å². The molecule has 1 nitrogen and oxygen atoms in total. The lowest BCUT2D eigenvalue weighted by atomic mass is 9.69. The van der Waals surface area contributed by atoms with Crippen molar-refractivity contribution < 1.29 is 4.57 Å². The van der Waals surface area contributed by atoms with E-state index in [1.165, 1.54) is 50.0 Å². The number of benzene rings is 3. The van der Waals surface area contributed by atoms with Crippen LogP contribution in [-0.4, -0.2) is 0 Å². The summed E-state index contributed by atoms with van der Waals surface area (Å²) < 4.78 is 2.60. The maximum Gasteiger partial charge on any atom is 0.213 e. The number of hydrogen-bond acceptors (Lipinski definition) is 0. The molecule has 4 aromatic rings. The standard InChI is InChI=1S/C32H34N/c1-6-21-13-15-23-24-18-28-25(19-27(24)31(4,5)26(23)17-21)30-16-14-22-11-9-10-12-29(22)33(30)20-32(28,7-2)8-3/h9-19H,6-8,20H2,1-5H3/q+1. The van der Waals surface area contributed by atoms with Crippen molar-refractivity contribution in [1.29, 1.82) is 0 Å². The SMILES string of the molecule is CCc1ccc2c(c1)C(C)(C)c1cc3c(cc1-2)C(CC)(CC)C[n+]1c-3ccc2ccccc21. The van der Waals surface area contributed by atoms with Crippen LogP contribution in [0.2, 0.25) is 0 Å². The van der Waals surface area contributed by atoms with E-state index in [1.807, 2.05) is 0 Å².